The third-order valence-corrected chi connectivity index (χ3v) is 3.31. The van der Waals surface area contributed by atoms with E-state index in [-0.39, 0.29) is 0 Å². The van der Waals surface area contributed by atoms with E-state index in [4.69, 9.17) is 4.42 Å². The van der Waals surface area contributed by atoms with Gasteiger partial charge in [0.15, 0.2) is 5.58 Å². The first-order valence-electron chi connectivity index (χ1n) is 6.57. The van der Waals surface area contributed by atoms with E-state index in [0.29, 0.717) is 17.6 Å². The average Bonchev–Trinajstić information content (AvgIpc) is 3.06. The lowest BCUT2D eigenvalue weighted by Gasteiger charge is -2.03. The Hall–Kier alpha value is -3.02. The second kappa shape index (κ2) is 4.52. The van der Waals surface area contributed by atoms with E-state index in [1.165, 1.54) is 0 Å². The molecule has 0 bridgehead atoms. The topological polar surface area (TPSA) is 75.3 Å². The molecule has 0 aliphatic carbocycles. The Balaban J connectivity index is 1.58. The number of fused-ring (bicyclic) bond motifs is 2. The summed E-state index contributed by atoms with van der Waals surface area (Å²) in [6.45, 7) is 0.606. The number of oxazole rings is 1. The van der Waals surface area contributed by atoms with Crippen LogP contribution in [-0.4, -0.2) is 14.4 Å². The molecule has 104 valence electrons. The predicted molar refractivity (Wildman–Crippen MR) is 79.4 cm³/mol. The van der Waals surface area contributed by atoms with Gasteiger partial charge in [0, 0.05) is 18.1 Å². The van der Waals surface area contributed by atoms with Crippen LogP contribution < -0.4 is 11.1 Å². The summed E-state index contributed by atoms with van der Waals surface area (Å²) >= 11 is 0. The highest BCUT2D eigenvalue weighted by atomic mass is 16.4. The molecule has 3 heterocycles. The van der Waals surface area contributed by atoms with Gasteiger partial charge in [0.2, 0.25) is 0 Å². The summed E-state index contributed by atoms with van der Waals surface area (Å²) in [5, 5.41) is 3.28. The zero-order valence-electron chi connectivity index (χ0n) is 11.0. The molecule has 2 N–H and O–H groups in total. The van der Waals surface area contributed by atoms with Crippen LogP contribution in [0.25, 0.3) is 16.7 Å². The maximum Gasteiger partial charge on any atom is 0.417 e. The number of rotatable bonds is 3. The summed E-state index contributed by atoms with van der Waals surface area (Å²) < 4.78 is 6.95. The molecule has 3 aromatic heterocycles. The number of nitrogens with one attached hydrogen (secondary N) is 2. The first-order valence-corrected chi connectivity index (χ1v) is 6.57. The van der Waals surface area contributed by atoms with E-state index in [9.17, 15) is 4.79 Å². The van der Waals surface area contributed by atoms with Crippen LogP contribution in [0.4, 0.5) is 5.69 Å². The zero-order chi connectivity index (χ0) is 14.2. The molecule has 21 heavy (non-hydrogen) atoms. The van der Waals surface area contributed by atoms with Crippen molar-refractivity contribution in [1.29, 1.82) is 0 Å². The van der Waals surface area contributed by atoms with Gasteiger partial charge in [0.05, 0.1) is 17.8 Å². The van der Waals surface area contributed by atoms with Crippen LogP contribution in [0.5, 0.6) is 0 Å². The third-order valence-electron chi connectivity index (χ3n) is 3.31. The Kier molecular flexibility index (Phi) is 2.53. The quantitative estimate of drug-likeness (QED) is 0.604. The Morgan fingerprint density at radius 2 is 2.24 bits per heavy atom. The molecular formula is C15H12N4O2. The Labute approximate surface area is 119 Å². The van der Waals surface area contributed by atoms with Crippen LogP contribution in [-0.2, 0) is 6.54 Å². The zero-order valence-corrected chi connectivity index (χ0v) is 11.0. The Morgan fingerprint density at radius 3 is 3.14 bits per heavy atom. The Morgan fingerprint density at radius 1 is 1.29 bits per heavy atom. The van der Waals surface area contributed by atoms with Crippen LogP contribution >= 0.6 is 0 Å². The van der Waals surface area contributed by atoms with Crippen molar-refractivity contribution in [3.8, 4) is 0 Å². The number of hydrogen-bond acceptors (Lipinski definition) is 4. The smallest absolute Gasteiger partial charge is 0.408 e. The van der Waals surface area contributed by atoms with Crippen molar-refractivity contribution in [3.63, 3.8) is 0 Å². The summed E-state index contributed by atoms with van der Waals surface area (Å²) in [5.74, 6) is -0.442. The first-order chi connectivity index (χ1) is 10.3. The summed E-state index contributed by atoms with van der Waals surface area (Å²) in [6, 6.07) is 11.4. The van der Waals surface area contributed by atoms with Gasteiger partial charge in [-0.05, 0) is 30.3 Å². The van der Waals surface area contributed by atoms with Gasteiger partial charge in [0.1, 0.15) is 5.65 Å². The number of benzene rings is 1. The number of anilines is 1. The lowest BCUT2D eigenvalue weighted by atomic mass is 10.3. The highest BCUT2D eigenvalue weighted by molar-refractivity contribution is 5.76. The fourth-order valence-corrected chi connectivity index (χ4v) is 2.33. The van der Waals surface area contributed by atoms with E-state index >= 15 is 0 Å². The number of aromatic nitrogens is 3. The van der Waals surface area contributed by atoms with Crippen LogP contribution in [0.1, 0.15) is 5.69 Å². The number of nitrogens with zero attached hydrogens (tertiary/aromatic N) is 2. The minimum Gasteiger partial charge on any atom is -0.408 e. The van der Waals surface area contributed by atoms with Gasteiger partial charge >= 0.3 is 5.76 Å². The van der Waals surface area contributed by atoms with Gasteiger partial charge in [-0.15, -0.1) is 0 Å². The SMILES string of the molecule is O=c1[nH]c2cc(NCc3cn4ccccc4n3)ccc2o1. The van der Waals surface area contributed by atoms with Gasteiger partial charge in [-0.2, -0.15) is 0 Å². The summed E-state index contributed by atoms with van der Waals surface area (Å²) in [7, 11) is 0. The largest absolute Gasteiger partial charge is 0.417 e. The second-order valence-corrected chi connectivity index (χ2v) is 4.78. The highest BCUT2D eigenvalue weighted by Crippen LogP contribution is 2.17. The maximum atomic E-state index is 11.1. The maximum absolute atomic E-state index is 11.1. The van der Waals surface area contributed by atoms with Crippen LogP contribution in [0.2, 0.25) is 0 Å². The molecule has 0 aliphatic heterocycles. The highest BCUT2D eigenvalue weighted by Gasteiger charge is 2.04. The number of imidazole rings is 1. The van der Waals surface area contributed by atoms with E-state index in [1.54, 1.807) is 6.07 Å². The van der Waals surface area contributed by atoms with E-state index in [2.05, 4.69) is 15.3 Å². The lowest BCUT2D eigenvalue weighted by Crippen LogP contribution is -1.99. The van der Waals surface area contributed by atoms with Crippen molar-refractivity contribution in [3.05, 3.63) is 65.0 Å². The fourth-order valence-electron chi connectivity index (χ4n) is 2.33. The van der Waals surface area contributed by atoms with E-state index < -0.39 is 5.76 Å². The summed E-state index contributed by atoms with van der Waals surface area (Å²) in [6.07, 6.45) is 3.95. The monoisotopic (exact) mass is 280 g/mol. The summed E-state index contributed by atoms with van der Waals surface area (Å²) in [5.41, 5.74) is 4.00. The van der Waals surface area contributed by atoms with Gasteiger partial charge in [-0.25, -0.2) is 9.78 Å². The minimum atomic E-state index is -0.442. The molecule has 6 nitrogen and oxygen atoms in total. The number of pyridine rings is 1. The first kappa shape index (κ1) is 11.8. The van der Waals surface area contributed by atoms with Crippen molar-refractivity contribution in [2.45, 2.75) is 6.54 Å². The molecule has 0 amide bonds. The molecule has 6 heteroatoms. The van der Waals surface area contributed by atoms with Gasteiger partial charge in [-0.3, -0.25) is 4.98 Å². The molecule has 1 aromatic carbocycles. The van der Waals surface area contributed by atoms with Gasteiger partial charge < -0.3 is 14.1 Å². The Bertz CT molecular complexity index is 947. The molecule has 0 radical (unpaired) electrons. The molecule has 0 atom stereocenters. The normalized spacial score (nSPS) is 11.2. The number of H-pyrrole nitrogens is 1. The van der Waals surface area contributed by atoms with Crippen LogP contribution in [0.3, 0.4) is 0 Å². The van der Waals surface area contributed by atoms with Crippen LogP contribution in [0, 0.1) is 0 Å². The van der Waals surface area contributed by atoms with Crippen molar-refractivity contribution in [2.24, 2.45) is 0 Å². The second-order valence-electron chi connectivity index (χ2n) is 4.78. The number of aromatic amines is 1. The molecule has 0 unspecified atom stereocenters. The molecule has 4 rings (SSSR count). The standard InChI is InChI=1S/C15H12N4O2/c20-15-18-12-7-10(4-5-13(12)21-15)16-8-11-9-19-6-2-1-3-14(19)17-11/h1-7,9,16H,8H2,(H,18,20). The van der Waals surface area contributed by atoms with Crippen LogP contribution in [0.15, 0.2) is 58.0 Å². The molecule has 0 saturated carbocycles. The fraction of sp³-hybridized carbons (Fsp3) is 0.0667. The third kappa shape index (κ3) is 2.16. The number of hydrogen-bond donors (Lipinski definition) is 2. The van der Waals surface area contributed by atoms with E-state index in [1.807, 2.05) is 47.1 Å². The summed E-state index contributed by atoms with van der Waals surface area (Å²) in [4.78, 5) is 18.3. The minimum absolute atomic E-state index is 0.442. The van der Waals surface area contributed by atoms with Crippen molar-refractivity contribution >= 4 is 22.4 Å². The lowest BCUT2D eigenvalue weighted by molar-refractivity contribution is 0.555. The molecule has 0 saturated heterocycles. The predicted octanol–water partition coefficient (Wildman–Crippen LogP) is 2.38. The van der Waals surface area contributed by atoms with E-state index in [0.717, 1.165) is 17.0 Å². The average molecular weight is 280 g/mol. The molecule has 4 aromatic rings. The molecule has 0 aliphatic rings. The molecular weight excluding hydrogens is 268 g/mol. The van der Waals surface area contributed by atoms with Crippen molar-refractivity contribution < 1.29 is 4.42 Å². The van der Waals surface area contributed by atoms with Gasteiger partial charge in [0.25, 0.3) is 0 Å². The molecule has 0 spiro atoms. The van der Waals surface area contributed by atoms with Crippen molar-refractivity contribution in [2.75, 3.05) is 5.32 Å². The molecule has 0 fully saturated rings. The van der Waals surface area contributed by atoms with Crippen molar-refractivity contribution in [1.82, 2.24) is 14.4 Å². The van der Waals surface area contributed by atoms with Gasteiger partial charge in [-0.1, -0.05) is 6.07 Å².